The van der Waals surface area contributed by atoms with Gasteiger partial charge in [0.05, 0.1) is 12.6 Å². The van der Waals surface area contributed by atoms with Gasteiger partial charge in [-0.3, -0.25) is 4.99 Å². The van der Waals surface area contributed by atoms with Gasteiger partial charge >= 0.3 is 0 Å². The molecule has 0 saturated carbocycles. The molecule has 2 saturated heterocycles. The minimum Gasteiger partial charge on any atom is -0.368 e. The van der Waals surface area contributed by atoms with Crippen molar-refractivity contribution >= 4 is 35.6 Å². The maximum atomic E-state index is 4.79. The number of hydrogen-bond donors (Lipinski definition) is 0. The van der Waals surface area contributed by atoms with Crippen LogP contribution in [0.1, 0.15) is 12.8 Å². The highest BCUT2D eigenvalue weighted by Crippen LogP contribution is 2.25. The fourth-order valence-corrected chi connectivity index (χ4v) is 3.65. The molecular formula is C16H23IN4. The molecule has 3 heterocycles. The highest BCUT2D eigenvalue weighted by molar-refractivity contribution is 14.0. The van der Waals surface area contributed by atoms with E-state index in [-0.39, 0.29) is 24.0 Å². The summed E-state index contributed by atoms with van der Waals surface area (Å²) in [5.74, 6) is 1.28. The van der Waals surface area contributed by atoms with Crippen LogP contribution in [-0.4, -0.2) is 61.1 Å². The van der Waals surface area contributed by atoms with Crippen LogP contribution in [0.3, 0.4) is 0 Å². The second kappa shape index (κ2) is 6.42. The first-order valence-electron chi connectivity index (χ1n) is 7.78. The Bertz CT molecular complexity index is 496. The van der Waals surface area contributed by atoms with Crippen LogP contribution in [0.2, 0.25) is 0 Å². The van der Waals surface area contributed by atoms with E-state index in [0.29, 0.717) is 6.04 Å². The molecule has 0 radical (unpaired) electrons. The van der Waals surface area contributed by atoms with Crippen LogP contribution in [0, 0.1) is 0 Å². The van der Waals surface area contributed by atoms with Crippen molar-refractivity contribution in [3.05, 3.63) is 30.3 Å². The number of hydrogen-bond acceptors (Lipinski definition) is 4. The van der Waals surface area contributed by atoms with Gasteiger partial charge in [0.1, 0.15) is 0 Å². The predicted molar refractivity (Wildman–Crippen MR) is 97.7 cm³/mol. The Hall–Kier alpha value is -0.980. The molecule has 2 fully saturated rings. The van der Waals surface area contributed by atoms with Gasteiger partial charge in [-0.05, 0) is 25.0 Å². The van der Waals surface area contributed by atoms with Crippen molar-refractivity contribution in [2.45, 2.75) is 18.9 Å². The summed E-state index contributed by atoms with van der Waals surface area (Å²) in [6.45, 7) is 6.62. The zero-order valence-corrected chi connectivity index (χ0v) is 14.6. The van der Waals surface area contributed by atoms with E-state index in [1.54, 1.807) is 0 Å². The van der Waals surface area contributed by atoms with Crippen LogP contribution in [0.5, 0.6) is 0 Å². The number of nitrogens with zero attached hydrogens (tertiary/aromatic N) is 4. The molecule has 3 aliphatic rings. The second-order valence-corrected chi connectivity index (χ2v) is 5.94. The summed E-state index contributed by atoms with van der Waals surface area (Å²) in [7, 11) is 0. The lowest BCUT2D eigenvalue weighted by atomic mass is 10.2. The molecule has 4 rings (SSSR count). The van der Waals surface area contributed by atoms with E-state index in [1.165, 1.54) is 31.0 Å². The lowest BCUT2D eigenvalue weighted by Gasteiger charge is -2.39. The van der Waals surface area contributed by atoms with Crippen LogP contribution in [0.4, 0.5) is 5.69 Å². The van der Waals surface area contributed by atoms with E-state index in [0.717, 1.165) is 32.7 Å². The third-order valence-electron chi connectivity index (χ3n) is 4.76. The summed E-state index contributed by atoms with van der Waals surface area (Å²) >= 11 is 0. The predicted octanol–water partition coefficient (Wildman–Crippen LogP) is 2.26. The smallest absolute Gasteiger partial charge is 0.197 e. The van der Waals surface area contributed by atoms with Gasteiger partial charge in [-0.25, -0.2) is 0 Å². The number of rotatable bonds is 1. The number of piperazine rings is 1. The Kier molecular flexibility index (Phi) is 4.57. The molecule has 3 aliphatic heterocycles. The summed E-state index contributed by atoms with van der Waals surface area (Å²) in [6.07, 6.45) is 2.67. The van der Waals surface area contributed by atoms with Gasteiger partial charge in [-0.1, -0.05) is 18.2 Å². The third-order valence-corrected chi connectivity index (χ3v) is 4.76. The van der Waals surface area contributed by atoms with Crippen molar-refractivity contribution < 1.29 is 0 Å². The maximum Gasteiger partial charge on any atom is 0.197 e. The number of anilines is 1. The normalized spacial score (nSPS) is 24.7. The molecule has 4 nitrogen and oxygen atoms in total. The highest BCUT2D eigenvalue weighted by atomic mass is 127. The van der Waals surface area contributed by atoms with Gasteiger partial charge in [-0.2, -0.15) is 0 Å². The van der Waals surface area contributed by atoms with E-state index in [2.05, 4.69) is 45.0 Å². The number of fused-ring (bicyclic) bond motifs is 1. The molecule has 0 spiro atoms. The first-order valence-corrected chi connectivity index (χ1v) is 7.78. The molecule has 0 N–H and O–H groups in total. The molecule has 0 aromatic heterocycles. The number of guanidine groups is 1. The minimum absolute atomic E-state index is 0. The van der Waals surface area contributed by atoms with Crippen molar-refractivity contribution in [1.29, 1.82) is 0 Å². The molecule has 1 aromatic rings. The first-order chi connectivity index (χ1) is 9.92. The average molecular weight is 398 g/mol. The molecular weight excluding hydrogens is 375 g/mol. The maximum absolute atomic E-state index is 4.79. The second-order valence-electron chi connectivity index (χ2n) is 5.94. The van der Waals surface area contributed by atoms with Gasteiger partial charge in [0, 0.05) is 38.4 Å². The molecule has 0 bridgehead atoms. The third kappa shape index (κ3) is 2.84. The van der Waals surface area contributed by atoms with Gasteiger partial charge in [-0.15, -0.1) is 24.0 Å². The van der Waals surface area contributed by atoms with Gasteiger partial charge < -0.3 is 14.7 Å². The topological polar surface area (TPSA) is 22.1 Å². The molecule has 21 heavy (non-hydrogen) atoms. The van der Waals surface area contributed by atoms with Gasteiger partial charge in [0.25, 0.3) is 0 Å². The lowest BCUT2D eigenvalue weighted by molar-refractivity contribution is 0.316. The highest BCUT2D eigenvalue weighted by Gasteiger charge is 2.35. The molecule has 0 unspecified atom stereocenters. The molecule has 1 atom stereocenters. The summed E-state index contributed by atoms with van der Waals surface area (Å²) in [4.78, 5) is 12.3. The Morgan fingerprint density at radius 2 is 1.62 bits per heavy atom. The van der Waals surface area contributed by atoms with Crippen LogP contribution in [0.15, 0.2) is 35.3 Å². The Morgan fingerprint density at radius 1 is 0.905 bits per heavy atom. The number of aliphatic imine (C=N–C) groups is 1. The molecule has 114 valence electrons. The SMILES string of the molecule is I.c1ccc(N2CCN(C3=NC[C@H]4CCCN34)CC2)cc1. The average Bonchev–Trinajstić information content (AvgIpc) is 3.11. The zero-order valence-electron chi connectivity index (χ0n) is 12.3. The van der Waals surface area contributed by atoms with Crippen molar-refractivity contribution in [3.8, 4) is 0 Å². The molecule has 5 heteroatoms. The van der Waals surface area contributed by atoms with Crippen LogP contribution in [0.25, 0.3) is 0 Å². The zero-order chi connectivity index (χ0) is 13.4. The standard InChI is InChI=1S/C16H22N4.HI/c1-2-5-14(6-3-1)18-9-11-19(12-10-18)16-17-13-15-7-4-8-20(15)16;/h1-3,5-6,15H,4,7-13H2;1H/t15-;/m1./s1. The van der Waals surface area contributed by atoms with E-state index in [1.807, 2.05) is 0 Å². The Labute approximate surface area is 143 Å². The fourth-order valence-electron chi connectivity index (χ4n) is 3.65. The molecule has 0 amide bonds. The monoisotopic (exact) mass is 398 g/mol. The van der Waals surface area contributed by atoms with E-state index < -0.39 is 0 Å². The summed E-state index contributed by atoms with van der Waals surface area (Å²) in [6, 6.07) is 11.4. The summed E-state index contributed by atoms with van der Waals surface area (Å²) < 4.78 is 0. The fraction of sp³-hybridized carbons (Fsp3) is 0.562. The van der Waals surface area contributed by atoms with Crippen LogP contribution >= 0.6 is 24.0 Å². The number of para-hydroxylation sites is 1. The largest absolute Gasteiger partial charge is 0.368 e. The molecule has 1 aromatic carbocycles. The molecule has 0 aliphatic carbocycles. The van der Waals surface area contributed by atoms with E-state index in [9.17, 15) is 0 Å². The van der Waals surface area contributed by atoms with Gasteiger partial charge in [0.15, 0.2) is 5.96 Å². The minimum atomic E-state index is 0. The van der Waals surface area contributed by atoms with Crippen molar-refractivity contribution in [3.63, 3.8) is 0 Å². The van der Waals surface area contributed by atoms with E-state index >= 15 is 0 Å². The lowest BCUT2D eigenvalue weighted by Crippen LogP contribution is -2.52. The van der Waals surface area contributed by atoms with Crippen molar-refractivity contribution in [2.75, 3.05) is 44.2 Å². The summed E-state index contributed by atoms with van der Waals surface area (Å²) in [5.41, 5.74) is 1.35. The first kappa shape index (κ1) is 14.9. The number of benzene rings is 1. The van der Waals surface area contributed by atoms with Gasteiger partial charge in [0.2, 0.25) is 0 Å². The quantitative estimate of drug-likeness (QED) is 0.678. The van der Waals surface area contributed by atoms with Crippen LogP contribution in [-0.2, 0) is 0 Å². The number of halogens is 1. The summed E-state index contributed by atoms with van der Waals surface area (Å²) in [5, 5.41) is 0. The Balaban J connectivity index is 0.00000132. The van der Waals surface area contributed by atoms with Crippen molar-refractivity contribution in [1.82, 2.24) is 9.80 Å². The van der Waals surface area contributed by atoms with E-state index in [4.69, 9.17) is 4.99 Å². The Morgan fingerprint density at radius 3 is 2.38 bits per heavy atom. The van der Waals surface area contributed by atoms with Crippen molar-refractivity contribution in [2.24, 2.45) is 4.99 Å². The van der Waals surface area contributed by atoms with Crippen LogP contribution < -0.4 is 4.90 Å².